The Labute approximate surface area is 106 Å². The SMILES string of the molecule is CSc1ccc(CNCc2ccc(C)o2)cc1. The van der Waals surface area contributed by atoms with Gasteiger partial charge in [-0.25, -0.2) is 0 Å². The monoisotopic (exact) mass is 247 g/mol. The van der Waals surface area contributed by atoms with E-state index >= 15 is 0 Å². The fourth-order valence-corrected chi connectivity index (χ4v) is 2.06. The van der Waals surface area contributed by atoms with Gasteiger partial charge in [-0.2, -0.15) is 0 Å². The van der Waals surface area contributed by atoms with E-state index in [1.165, 1.54) is 10.5 Å². The first-order valence-electron chi connectivity index (χ1n) is 5.67. The molecule has 1 N–H and O–H groups in total. The molecule has 0 bridgehead atoms. The molecule has 0 atom stereocenters. The highest BCUT2D eigenvalue weighted by Gasteiger charge is 1.98. The van der Waals surface area contributed by atoms with E-state index in [0.717, 1.165) is 24.6 Å². The maximum atomic E-state index is 5.49. The van der Waals surface area contributed by atoms with Crippen LogP contribution in [0.2, 0.25) is 0 Å². The lowest BCUT2D eigenvalue weighted by Gasteiger charge is -2.04. The van der Waals surface area contributed by atoms with E-state index in [1.807, 2.05) is 19.1 Å². The van der Waals surface area contributed by atoms with Gasteiger partial charge in [0.1, 0.15) is 11.5 Å². The van der Waals surface area contributed by atoms with Gasteiger partial charge in [-0.05, 0) is 43.0 Å². The Morgan fingerprint density at radius 3 is 2.41 bits per heavy atom. The first kappa shape index (κ1) is 12.3. The van der Waals surface area contributed by atoms with E-state index in [9.17, 15) is 0 Å². The molecule has 0 saturated heterocycles. The van der Waals surface area contributed by atoms with Gasteiger partial charge in [-0.3, -0.25) is 0 Å². The lowest BCUT2D eigenvalue weighted by Crippen LogP contribution is -2.11. The molecular weight excluding hydrogens is 230 g/mol. The van der Waals surface area contributed by atoms with Crippen molar-refractivity contribution in [3.8, 4) is 0 Å². The van der Waals surface area contributed by atoms with Crippen molar-refractivity contribution in [1.29, 1.82) is 0 Å². The van der Waals surface area contributed by atoms with Crippen molar-refractivity contribution in [2.24, 2.45) is 0 Å². The third-order valence-electron chi connectivity index (χ3n) is 2.58. The predicted molar refractivity (Wildman–Crippen MR) is 72.2 cm³/mol. The van der Waals surface area contributed by atoms with Gasteiger partial charge in [0.05, 0.1) is 6.54 Å². The summed E-state index contributed by atoms with van der Waals surface area (Å²) in [5.74, 6) is 1.95. The average molecular weight is 247 g/mol. The van der Waals surface area contributed by atoms with Crippen molar-refractivity contribution >= 4 is 11.8 Å². The highest BCUT2D eigenvalue weighted by Crippen LogP contribution is 2.14. The summed E-state index contributed by atoms with van der Waals surface area (Å²) >= 11 is 1.77. The smallest absolute Gasteiger partial charge is 0.117 e. The fraction of sp³-hybridized carbons (Fsp3) is 0.286. The molecule has 0 aliphatic carbocycles. The molecule has 0 radical (unpaired) electrons. The standard InChI is InChI=1S/C14H17NOS/c1-11-3-6-13(16-11)10-15-9-12-4-7-14(17-2)8-5-12/h3-8,15H,9-10H2,1-2H3. The zero-order valence-electron chi connectivity index (χ0n) is 10.2. The second-order valence-corrected chi connectivity index (χ2v) is 4.84. The molecule has 2 nitrogen and oxygen atoms in total. The molecule has 0 saturated carbocycles. The molecule has 1 aromatic carbocycles. The topological polar surface area (TPSA) is 25.2 Å². The molecule has 0 aliphatic rings. The molecule has 17 heavy (non-hydrogen) atoms. The Kier molecular flexibility index (Phi) is 4.29. The van der Waals surface area contributed by atoms with Crippen LogP contribution in [0.5, 0.6) is 0 Å². The summed E-state index contributed by atoms with van der Waals surface area (Å²) in [6.45, 7) is 3.61. The van der Waals surface area contributed by atoms with E-state index in [2.05, 4.69) is 35.8 Å². The number of rotatable bonds is 5. The number of nitrogens with one attached hydrogen (secondary N) is 1. The largest absolute Gasteiger partial charge is 0.465 e. The van der Waals surface area contributed by atoms with E-state index in [-0.39, 0.29) is 0 Å². The number of hydrogen-bond acceptors (Lipinski definition) is 3. The number of aryl methyl sites for hydroxylation is 1. The Morgan fingerprint density at radius 2 is 1.82 bits per heavy atom. The van der Waals surface area contributed by atoms with Gasteiger partial charge in [0.15, 0.2) is 0 Å². The van der Waals surface area contributed by atoms with Gasteiger partial charge < -0.3 is 9.73 Å². The van der Waals surface area contributed by atoms with E-state index in [1.54, 1.807) is 11.8 Å². The van der Waals surface area contributed by atoms with Crippen LogP contribution >= 0.6 is 11.8 Å². The maximum Gasteiger partial charge on any atom is 0.117 e. The van der Waals surface area contributed by atoms with Crippen LogP contribution in [-0.4, -0.2) is 6.26 Å². The van der Waals surface area contributed by atoms with Crippen molar-refractivity contribution < 1.29 is 4.42 Å². The minimum atomic E-state index is 0.776. The summed E-state index contributed by atoms with van der Waals surface area (Å²) < 4.78 is 5.49. The molecule has 0 aliphatic heterocycles. The molecule has 2 rings (SSSR count). The fourth-order valence-electron chi connectivity index (χ4n) is 1.65. The molecule has 3 heteroatoms. The minimum Gasteiger partial charge on any atom is -0.465 e. The van der Waals surface area contributed by atoms with Crippen LogP contribution in [0.1, 0.15) is 17.1 Å². The Balaban J connectivity index is 1.81. The number of furan rings is 1. The maximum absolute atomic E-state index is 5.49. The first-order chi connectivity index (χ1) is 8.28. The van der Waals surface area contributed by atoms with Gasteiger partial charge in [0.2, 0.25) is 0 Å². The molecule has 90 valence electrons. The third kappa shape index (κ3) is 3.65. The van der Waals surface area contributed by atoms with Crippen LogP contribution in [-0.2, 0) is 13.1 Å². The number of benzene rings is 1. The van der Waals surface area contributed by atoms with Crippen molar-refractivity contribution in [2.75, 3.05) is 6.26 Å². The van der Waals surface area contributed by atoms with Crippen LogP contribution in [0, 0.1) is 6.92 Å². The predicted octanol–water partition coefficient (Wildman–Crippen LogP) is 3.60. The number of thioether (sulfide) groups is 1. The second kappa shape index (κ2) is 5.94. The third-order valence-corrected chi connectivity index (χ3v) is 3.33. The molecule has 1 aromatic heterocycles. The number of hydrogen-bond donors (Lipinski definition) is 1. The van der Waals surface area contributed by atoms with Gasteiger partial charge in [-0.15, -0.1) is 11.8 Å². The molecule has 0 unspecified atom stereocenters. The zero-order valence-corrected chi connectivity index (χ0v) is 11.0. The minimum absolute atomic E-state index is 0.776. The zero-order chi connectivity index (χ0) is 12.1. The Hall–Kier alpha value is -1.19. The summed E-state index contributed by atoms with van der Waals surface area (Å²) in [6, 6.07) is 12.6. The Morgan fingerprint density at radius 1 is 1.06 bits per heavy atom. The molecule has 0 amide bonds. The van der Waals surface area contributed by atoms with Gasteiger partial charge in [-0.1, -0.05) is 12.1 Å². The van der Waals surface area contributed by atoms with Crippen LogP contribution < -0.4 is 5.32 Å². The van der Waals surface area contributed by atoms with Crippen LogP contribution in [0.3, 0.4) is 0 Å². The van der Waals surface area contributed by atoms with E-state index in [4.69, 9.17) is 4.42 Å². The first-order valence-corrected chi connectivity index (χ1v) is 6.89. The van der Waals surface area contributed by atoms with Crippen LogP contribution in [0.4, 0.5) is 0 Å². The van der Waals surface area contributed by atoms with Crippen molar-refractivity contribution in [3.63, 3.8) is 0 Å². The molecular formula is C14H17NOS. The van der Waals surface area contributed by atoms with Crippen molar-refractivity contribution in [2.45, 2.75) is 24.9 Å². The summed E-state index contributed by atoms with van der Waals surface area (Å²) in [7, 11) is 0. The van der Waals surface area contributed by atoms with Crippen LogP contribution in [0.25, 0.3) is 0 Å². The van der Waals surface area contributed by atoms with E-state index in [0.29, 0.717) is 0 Å². The molecule has 0 fully saturated rings. The lowest BCUT2D eigenvalue weighted by atomic mass is 10.2. The van der Waals surface area contributed by atoms with Crippen molar-refractivity contribution in [1.82, 2.24) is 5.32 Å². The summed E-state index contributed by atoms with van der Waals surface area (Å²) in [5, 5.41) is 3.37. The van der Waals surface area contributed by atoms with Crippen LogP contribution in [0.15, 0.2) is 45.7 Å². The highest BCUT2D eigenvalue weighted by molar-refractivity contribution is 7.98. The summed E-state index contributed by atoms with van der Waals surface area (Å²) in [6.07, 6.45) is 2.09. The normalized spacial score (nSPS) is 10.7. The Bertz CT molecular complexity index is 461. The van der Waals surface area contributed by atoms with Gasteiger partial charge in [0, 0.05) is 11.4 Å². The summed E-state index contributed by atoms with van der Waals surface area (Å²) in [4.78, 5) is 1.30. The van der Waals surface area contributed by atoms with E-state index < -0.39 is 0 Å². The van der Waals surface area contributed by atoms with Crippen molar-refractivity contribution in [3.05, 3.63) is 53.5 Å². The molecule has 1 heterocycles. The average Bonchev–Trinajstić information content (AvgIpc) is 2.76. The molecule has 0 spiro atoms. The molecule has 2 aromatic rings. The summed E-state index contributed by atoms with van der Waals surface area (Å²) in [5.41, 5.74) is 1.30. The van der Waals surface area contributed by atoms with Gasteiger partial charge in [0.25, 0.3) is 0 Å². The second-order valence-electron chi connectivity index (χ2n) is 3.96. The van der Waals surface area contributed by atoms with Gasteiger partial charge >= 0.3 is 0 Å². The lowest BCUT2D eigenvalue weighted by molar-refractivity contribution is 0.461. The quantitative estimate of drug-likeness (QED) is 0.817. The highest BCUT2D eigenvalue weighted by atomic mass is 32.2.